The number of benzene rings is 1. The van der Waals surface area contributed by atoms with E-state index in [9.17, 15) is 10.1 Å². The van der Waals surface area contributed by atoms with Gasteiger partial charge in [-0.1, -0.05) is 15.9 Å². The van der Waals surface area contributed by atoms with Crippen molar-refractivity contribution >= 4 is 39.1 Å². The number of nitro groups is 1. The molecule has 0 bridgehead atoms. The van der Waals surface area contributed by atoms with Gasteiger partial charge in [0.25, 0.3) is 0 Å². The molecule has 0 radical (unpaired) electrons. The number of nitrogens with two attached hydrogens (primary N) is 1. The van der Waals surface area contributed by atoms with E-state index in [0.29, 0.717) is 5.69 Å². The Kier molecular flexibility index (Phi) is 3.61. The molecule has 98 valence electrons. The van der Waals surface area contributed by atoms with E-state index in [-0.39, 0.29) is 17.5 Å². The highest BCUT2D eigenvalue weighted by Gasteiger charge is 2.16. The molecule has 0 unspecified atom stereocenters. The first-order valence-corrected chi connectivity index (χ1v) is 6.06. The van der Waals surface area contributed by atoms with Crippen LogP contribution < -0.4 is 11.1 Å². The third kappa shape index (κ3) is 3.16. The first-order chi connectivity index (χ1) is 8.95. The average Bonchev–Trinajstić information content (AvgIpc) is 2.26. The number of anilines is 3. The van der Waals surface area contributed by atoms with Gasteiger partial charge in [-0.3, -0.25) is 10.1 Å². The predicted octanol–water partition coefficient (Wildman–Crippen LogP) is 2.78. The van der Waals surface area contributed by atoms with Gasteiger partial charge in [0, 0.05) is 10.2 Å². The summed E-state index contributed by atoms with van der Waals surface area (Å²) < 4.78 is 0.861. The van der Waals surface area contributed by atoms with E-state index < -0.39 is 4.92 Å². The number of halogens is 1. The number of nitrogens with zero attached hydrogens (tertiary/aromatic N) is 3. The molecule has 0 atom stereocenters. The molecule has 0 spiro atoms. The Labute approximate surface area is 117 Å². The number of nitrogens with one attached hydrogen (secondary N) is 1. The SMILES string of the molecule is Cc1cc(Br)cc(Nc2nc(N)ncc2[N+](=O)[O-])c1. The normalized spacial score (nSPS) is 10.2. The topological polar surface area (TPSA) is 107 Å². The van der Waals surface area contributed by atoms with Crippen LogP contribution in [0.2, 0.25) is 0 Å². The second kappa shape index (κ2) is 5.19. The summed E-state index contributed by atoms with van der Waals surface area (Å²) in [5.74, 6) is 0.0369. The van der Waals surface area contributed by atoms with Crippen molar-refractivity contribution in [1.82, 2.24) is 9.97 Å². The van der Waals surface area contributed by atoms with Gasteiger partial charge in [0.15, 0.2) is 0 Å². The minimum absolute atomic E-state index is 0.0279. The Balaban J connectivity index is 2.42. The average molecular weight is 324 g/mol. The van der Waals surface area contributed by atoms with Crippen molar-refractivity contribution in [2.24, 2.45) is 0 Å². The van der Waals surface area contributed by atoms with Gasteiger partial charge in [-0.2, -0.15) is 4.98 Å². The monoisotopic (exact) mass is 323 g/mol. The third-order valence-electron chi connectivity index (χ3n) is 2.29. The van der Waals surface area contributed by atoms with Gasteiger partial charge in [-0.05, 0) is 30.7 Å². The number of aromatic nitrogens is 2. The maximum Gasteiger partial charge on any atom is 0.329 e. The summed E-state index contributed by atoms with van der Waals surface area (Å²) in [5, 5.41) is 13.8. The molecule has 0 aliphatic heterocycles. The van der Waals surface area contributed by atoms with E-state index in [4.69, 9.17) is 5.73 Å². The van der Waals surface area contributed by atoms with Crippen molar-refractivity contribution in [1.29, 1.82) is 0 Å². The van der Waals surface area contributed by atoms with Crippen molar-refractivity contribution in [2.45, 2.75) is 6.92 Å². The fourth-order valence-electron chi connectivity index (χ4n) is 1.56. The van der Waals surface area contributed by atoms with Crippen LogP contribution in [0, 0.1) is 17.0 Å². The summed E-state index contributed by atoms with van der Waals surface area (Å²) in [7, 11) is 0. The number of aryl methyl sites for hydroxylation is 1. The minimum Gasteiger partial charge on any atom is -0.368 e. The quantitative estimate of drug-likeness (QED) is 0.664. The standard InChI is InChI=1S/C11H10BrN5O2/c1-6-2-7(12)4-8(3-6)15-10-9(17(18)19)5-14-11(13)16-10/h2-5H,1H3,(H3,13,14,15,16). The lowest BCUT2D eigenvalue weighted by Gasteiger charge is -2.08. The molecule has 8 heteroatoms. The molecular weight excluding hydrogens is 314 g/mol. The van der Waals surface area contributed by atoms with Crippen LogP contribution in [0.3, 0.4) is 0 Å². The summed E-state index contributed by atoms with van der Waals surface area (Å²) in [6.07, 6.45) is 1.08. The van der Waals surface area contributed by atoms with Crippen LogP contribution in [0.1, 0.15) is 5.56 Å². The van der Waals surface area contributed by atoms with Gasteiger partial charge < -0.3 is 11.1 Å². The van der Waals surface area contributed by atoms with Crippen LogP contribution >= 0.6 is 15.9 Å². The van der Waals surface area contributed by atoms with E-state index in [0.717, 1.165) is 16.2 Å². The molecular formula is C11H10BrN5O2. The maximum atomic E-state index is 10.9. The van der Waals surface area contributed by atoms with E-state index >= 15 is 0 Å². The van der Waals surface area contributed by atoms with Crippen LogP contribution in [0.4, 0.5) is 23.1 Å². The molecule has 0 aliphatic carbocycles. The Morgan fingerprint density at radius 1 is 1.42 bits per heavy atom. The molecule has 0 aliphatic rings. The fourth-order valence-corrected chi connectivity index (χ4v) is 2.17. The molecule has 1 aromatic heterocycles. The van der Waals surface area contributed by atoms with Crippen molar-refractivity contribution in [3.05, 3.63) is 44.5 Å². The zero-order valence-electron chi connectivity index (χ0n) is 9.92. The lowest BCUT2D eigenvalue weighted by Crippen LogP contribution is -2.04. The second-order valence-electron chi connectivity index (χ2n) is 3.86. The summed E-state index contributed by atoms with van der Waals surface area (Å²) >= 11 is 3.36. The molecule has 2 rings (SSSR count). The number of nitrogen functional groups attached to an aromatic ring is 1. The van der Waals surface area contributed by atoms with Crippen molar-refractivity contribution in [2.75, 3.05) is 11.1 Å². The van der Waals surface area contributed by atoms with E-state index in [1.54, 1.807) is 6.07 Å². The van der Waals surface area contributed by atoms with E-state index in [2.05, 4.69) is 31.2 Å². The number of hydrogen-bond donors (Lipinski definition) is 2. The highest BCUT2D eigenvalue weighted by molar-refractivity contribution is 9.10. The van der Waals surface area contributed by atoms with E-state index in [1.165, 1.54) is 0 Å². The van der Waals surface area contributed by atoms with Crippen LogP contribution in [-0.4, -0.2) is 14.9 Å². The molecule has 2 aromatic rings. The zero-order valence-corrected chi connectivity index (χ0v) is 11.5. The van der Waals surface area contributed by atoms with Crippen LogP contribution in [-0.2, 0) is 0 Å². The number of rotatable bonds is 3. The molecule has 7 nitrogen and oxygen atoms in total. The molecule has 1 aromatic carbocycles. The van der Waals surface area contributed by atoms with Crippen molar-refractivity contribution in [3.63, 3.8) is 0 Å². The molecule has 0 fully saturated rings. The highest BCUT2D eigenvalue weighted by Crippen LogP contribution is 2.27. The smallest absolute Gasteiger partial charge is 0.329 e. The molecule has 19 heavy (non-hydrogen) atoms. The van der Waals surface area contributed by atoms with Gasteiger partial charge in [0.1, 0.15) is 6.20 Å². The molecule has 0 amide bonds. The van der Waals surface area contributed by atoms with Crippen molar-refractivity contribution in [3.8, 4) is 0 Å². The third-order valence-corrected chi connectivity index (χ3v) is 2.75. The Bertz CT molecular complexity index is 627. The lowest BCUT2D eigenvalue weighted by atomic mass is 10.2. The summed E-state index contributed by atoms with van der Waals surface area (Å²) in [6, 6.07) is 5.55. The fraction of sp³-hybridized carbons (Fsp3) is 0.0909. The maximum absolute atomic E-state index is 10.9. The van der Waals surface area contributed by atoms with Gasteiger partial charge in [0.05, 0.1) is 4.92 Å². The summed E-state index contributed by atoms with van der Waals surface area (Å²) in [4.78, 5) is 17.8. The van der Waals surface area contributed by atoms with Crippen LogP contribution in [0.5, 0.6) is 0 Å². The zero-order chi connectivity index (χ0) is 14.0. The first-order valence-electron chi connectivity index (χ1n) is 5.27. The van der Waals surface area contributed by atoms with Gasteiger partial charge in [-0.25, -0.2) is 4.98 Å². The van der Waals surface area contributed by atoms with E-state index in [1.807, 2.05) is 19.1 Å². The minimum atomic E-state index is -0.563. The van der Waals surface area contributed by atoms with Gasteiger partial charge in [0.2, 0.25) is 11.8 Å². The number of hydrogen-bond acceptors (Lipinski definition) is 6. The summed E-state index contributed by atoms with van der Waals surface area (Å²) in [5.41, 5.74) is 6.89. The molecule has 0 saturated heterocycles. The van der Waals surface area contributed by atoms with Crippen molar-refractivity contribution < 1.29 is 4.92 Å². The molecule has 0 saturated carbocycles. The lowest BCUT2D eigenvalue weighted by molar-refractivity contribution is -0.384. The second-order valence-corrected chi connectivity index (χ2v) is 4.78. The van der Waals surface area contributed by atoms with Gasteiger partial charge in [-0.15, -0.1) is 0 Å². The largest absolute Gasteiger partial charge is 0.368 e. The first kappa shape index (κ1) is 13.2. The Morgan fingerprint density at radius 3 is 2.79 bits per heavy atom. The highest BCUT2D eigenvalue weighted by atomic mass is 79.9. The molecule has 3 N–H and O–H groups in total. The van der Waals surface area contributed by atoms with Crippen LogP contribution in [0.25, 0.3) is 0 Å². The van der Waals surface area contributed by atoms with Gasteiger partial charge >= 0.3 is 5.69 Å². The Hall–Kier alpha value is -2.22. The summed E-state index contributed by atoms with van der Waals surface area (Å²) in [6.45, 7) is 1.92. The molecule has 1 heterocycles. The Morgan fingerprint density at radius 2 is 2.16 bits per heavy atom. The van der Waals surface area contributed by atoms with Crippen LogP contribution in [0.15, 0.2) is 28.9 Å². The predicted molar refractivity (Wildman–Crippen MR) is 75.3 cm³/mol.